The van der Waals surface area contributed by atoms with E-state index < -0.39 is 14.0 Å². The Morgan fingerprint density at radius 2 is 1.63 bits per heavy atom. The summed E-state index contributed by atoms with van der Waals surface area (Å²) in [5, 5.41) is 13.1. The van der Waals surface area contributed by atoms with Gasteiger partial charge in [-0.1, -0.05) is 38.1 Å². The number of carbonyl (C=O) groups is 2. The topological polar surface area (TPSA) is 79.1 Å². The molecule has 0 amide bonds. The Morgan fingerprint density at radius 3 is 2.31 bits per heavy atom. The zero-order chi connectivity index (χ0) is 34.4. The third kappa shape index (κ3) is 7.88. The fourth-order valence-corrected chi connectivity index (χ4v) is 10.5. The maximum Gasteiger partial charge on any atom is 0.336 e. The van der Waals surface area contributed by atoms with Gasteiger partial charge in [-0.2, -0.15) is 0 Å². The van der Waals surface area contributed by atoms with Crippen LogP contribution in [0.15, 0.2) is 65.4 Å². The van der Waals surface area contributed by atoms with Crippen molar-refractivity contribution in [3.05, 3.63) is 87.6 Å². The molecule has 4 aliphatic rings. The summed E-state index contributed by atoms with van der Waals surface area (Å²) in [5.41, 5.74) is 6.91. The number of unbranched alkanes of at least 4 members (excludes halogenated alkanes) is 3. The minimum atomic E-state index is -2.18. The average molecular weight is 702 g/mol. The van der Waals surface area contributed by atoms with Gasteiger partial charge in [0.05, 0.1) is 25.2 Å². The standard InChI is InChI=1S/C40H49ClN2O5Si/c1-49(2)37-27-30(42-18-8-19-42)12-15-33(37)39(34-16-13-31(28-38(34)49)43-20-9-21-43)35-26-29(11-14-32(35)40(45)46)36(44)10-7-23-48-25-24-47-22-6-4-3-5-17-41/h11-16,26-28H,3-10,17-25H2,1-2H3/p+1. The van der Waals surface area contributed by atoms with E-state index in [0.717, 1.165) is 75.2 Å². The molecule has 49 heavy (non-hydrogen) atoms. The number of carbonyl (C=O) groups excluding carboxylic acids is 1. The van der Waals surface area contributed by atoms with Crippen molar-refractivity contribution in [3.63, 3.8) is 0 Å². The van der Waals surface area contributed by atoms with Crippen molar-refractivity contribution in [3.8, 4) is 0 Å². The van der Waals surface area contributed by atoms with Crippen molar-refractivity contribution in [2.45, 2.75) is 64.5 Å². The summed E-state index contributed by atoms with van der Waals surface area (Å²) in [6.45, 7) is 11.3. The molecule has 0 bridgehead atoms. The molecule has 3 heterocycles. The Hall–Kier alpha value is -3.30. The van der Waals surface area contributed by atoms with Gasteiger partial charge in [-0.15, -0.1) is 11.6 Å². The van der Waals surface area contributed by atoms with Crippen LogP contribution in [0.1, 0.15) is 83.2 Å². The fraction of sp³-hybridized carbons (Fsp3) is 0.475. The molecular weight excluding hydrogens is 652 g/mol. The number of alkyl halides is 1. The van der Waals surface area contributed by atoms with E-state index in [4.69, 9.17) is 21.1 Å². The monoisotopic (exact) mass is 701 g/mol. The van der Waals surface area contributed by atoms with Crippen molar-refractivity contribution in [2.24, 2.45) is 0 Å². The van der Waals surface area contributed by atoms with Gasteiger partial charge in [0.25, 0.3) is 0 Å². The van der Waals surface area contributed by atoms with Crippen LogP contribution >= 0.6 is 11.6 Å². The summed E-state index contributed by atoms with van der Waals surface area (Å²) < 4.78 is 13.8. The number of rotatable bonds is 17. The van der Waals surface area contributed by atoms with Crippen LogP contribution in [0.25, 0.3) is 5.57 Å². The highest BCUT2D eigenvalue weighted by Crippen LogP contribution is 2.43. The van der Waals surface area contributed by atoms with Gasteiger partial charge in [-0.3, -0.25) is 4.79 Å². The second-order valence-corrected chi connectivity index (χ2v) is 18.8. The van der Waals surface area contributed by atoms with Crippen LogP contribution in [-0.4, -0.2) is 93.7 Å². The lowest BCUT2D eigenvalue weighted by molar-refractivity contribution is -0.582. The third-order valence-corrected chi connectivity index (χ3v) is 14.2. The summed E-state index contributed by atoms with van der Waals surface area (Å²) >= 11 is 5.72. The molecule has 260 valence electrons. The SMILES string of the molecule is C[Si]1(C)C2=CC(=[N+]3CCC3)C=CC2=C(c2cc(C(=O)CCCOCCOCCCCCCCl)ccc2C(=O)O)c2ccc(N3CCC3)cc21. The minimum absolute atomic E-state index is 0.0113. The zero-order valence-corrected chi connectivity index (χ0v) is 30.8. The molecule has 9 heteroatoms. The molecule has 2 aromatic carbocycles. The molecule has 3 aliphatic heterocycles. The number of halogens is 1. The van der Waals surface area contributed by atoms with Gasteiger partial charge in [0, 0.05) is 62.0 Å². The molecule has 0 atom stereocenters. The van der Waals surface area contributed by atoms with Crippen LogP contribution in [0.4, 0.5) is 5.69 Å². The van der Waals surface area contributed by atoms with Gasteiger partial charge in [-0.25, -0.2) is 9.37 Å². The van der Waals surface area contributed by atoms with E-state index in [1.165, 1.54) is 34.6 Å². The number of ether oxygens (including phenoxy) is 2. The van der Waals surface area contributed by atoms with Crippen molar-refractivity contribution < 1.29 is 28.7 Å². The lowest BCUT2D eigenvalue weighted by Gasteiger charge is -2.40. The number of fused-ring (bicyclic) bond motifs is 2. The second-order valence-electron chi connectivity index (χ2n) is 14.1. The molecule has 1 aliphatic carbocycles. The molecule has 6 rings (SSSR count). The van der Waals surface area contributed by atoms with E-state index in [-0.39, 0.29) is 11.3 Å². The number of carboxylic acids is 1. The number of hydrogen-bond acceptors (Lipinski definition) is 5. The van der Waals surface area contributed by atoms with Crippen LogP contribution < -0.4 is 10.1 Å². The molecule has 0 saturated carbocycles. The summed E-state index contributed by atoms with van der Waals surface area (Å²) in [7, 11) is -2.18. The Balaban J connectivity index is 1.24. The van der Waals surface area contributed by atoms with Crippen LogP contribution in [0, 0.1) is 0 Å². The Morgan fingerprint density at radius 1 is 0.878 bits per heavy atom. The Bertz CT molecular complexity index is 1700. The molecule has 7 nitrogen and oxygen atoms in total. The molecule has 2 saturated heterocycles. The molecule has 0 aromatic heterocycles. The van der Waals surface area contributed by atoms with Crippen molar-refractivity contribution in [2.75, 3.05) is 63.4 Å². The second kappa shape index (κ2) is 16.1. The number of aromatic carboxylic acids is 1. The van der Waals surface area contributed by atoms with Gasteiger partial charge in [0.1, 0.15) is 21.2 Å². The normalized spacial score (nSPS) is 17.7. The van der Waals surface area contributed by atoms with E-state index in [9.17, 15) is 14.7 Å². The molecule has 2 fully saturated rings. The van der Waals surface area contributed by atoms with E-state index in [1.807, 2.05) is 6.07 Å². The fourth-order valence-electron chi connectivity index (χ4n) is 7.22. The first-order valence-corrected chi connectivity index (χ1v) is 21.6. The van der Waals surface area contributed by atoms with Crippen LogP contribution in [0.2, 0.25) is 13.1 Å². The van der Waals surface area contributed by atoms with Gasteiger partial charge < -0.3 is 19.5 Å². The number of hydrogen-bond donors (Lipinski definition) is 1. The Kier molecular flexibility index (Phi) is 11.7. The number of allylic oxidation sites excluding steroid dienone is 5. The predicted molar refractivity (Wildman–Crippen MR) is 201 cm³/mol. The smallest absolute Gasteiger partial charge is 0.336 e. The first-order valence-electron chi connectivity index (χ1n) is 18.1. The highest BCUT2D eigenvalue weighted by atomic mass is 35.5. The summed E-state index contributed by atoms with van der Waals surface area (Å²) in [5.74, 6) is -0.289. The van der Waals surface area contributed by atoms with Crippen LogP contribution in [0.5, 0.6) is 0 Å². The van der Waals surface area contributed by atoms with Gasteiger partial charge >= 0.3 is 5.97 Å². The van der Waals surface area contributed by atoms with Crippen molar-refractivity contribution >= 4 is 53.6 Å². The third-order valence-electron chi connectivity index (χ3n) is 10.4. The molecule has 1 N–H and O–H groups in total. The van der Waals surface area contributed by atoms with E-state index in [2.05, 4.69) is 59.0 Å². The first-order chi connectivity index (χ1) is 23.8. The summed E-state index contributed by atoms with van der Waals surface area (Å²) in [4.78, 5) is 28.7. The number of anilines is 1. The first kappa shape index (κ1) is 35.5. The number of Topliss-reactive ketones (excluding diaryl/α,β-unsaturated/α-hetero) is 1. The molecular formula is C40H50ClN2O5Si+. The van der Waals surface area contributed by atoms with Crippen molar-refractivity contribution in [1.82, 2.24) is 0 Å². The van der Waals surface area contributed by atoms with E-state index >= 15 is 0 Å². The number of carboxylic acid groups (broad SMARTS) is 1. The maximum atomic E-state index is 13.5. The lowest BCUT2D eigenvalue weighted by Crippen LogP contribution is -2.50. The lowest BCUT2D eigenvalue weighted by atomic mass is 9.85. The number of ketones is 1. The van der Waals surface area contributed by atoms with Gasteiger partial charge in [0.15, 0.2) is 11.5 Å². The highest BCUT2D eigenvalue weighted by molar-refractivity contribution is 6.98. The van der Waals surface area contributed by atoms with E-state index in [0.29, 0.717) is 49.7 Å². The largest absolute Gasteiger partial charge is 0.478 e. The predicted octanol–water partition coefficient (Wildman–Crippen LogP) is 7.01. The molecule has 2 aromatic rings. The van der Waals surface area contributed by atoms with Crippen LogP contribution in [0.3, 0.4) is 0 Å². The van der Waals surface area contributed by atoms with Gasteiger partial charge in [0.2, 0.25) is 0 Å². The summed E-state index contributed by atoms with van der Waals surface area (Å²) in [6.07, 6.45) is 14.4. The average Bonchev–Trinajstić information content (AvgIpc) is 3.04. The van der Waals surface area contributed by atoms with Crippen LogP contribution in [-0.2, 0) is 9.47 Å². The molecule has 0 radical (unpaired) electrons. The number of benzene rings is 2. The van der Waals surface area contributed by atoms with Crippen molar-refractivity contribution in [1.29, 1.82) is 0 Å². The maximum absolute atomic E-state index is 13.5. The minimum Gasteiger partial charge on any atom is -0.478 e. The molecule has 0 unspecified atom stereocenters. The zero-order valence-electron chi connectivity index (χ0n) is 29.1. The summed E-state index contributed by atoms with van der Waals surface area (Å²) in [6, 6.07) is 11.8. The molecule has 0 spiro atoms. The van der Waals surface area contributed by atoms with E-state index in [1.54, 1.807) is 12.1 Å². The highest BCUT2D eigenvalue weighted by Gasteiger charge is 2.42. The Labute approximate surface area is 297 Å². The number of nitrogens with zero attached hydrogens (tertiary/aromatic N) is 2. The van der Waals surface area contributed by atoms with Gasteiger partial charge in [-0.05, 0) is 88.7 Å². The quantitative estimate of drug-likeness (QED) is 0.0629.